The largest absolute Gasteiger partial charge is 0.496 e. The van der Waals surface area contributed by atoms with E-state index >= 15 is 0 Å². The zero-order valence-corrected chi connectivity index (χ0v) is 24.5. The van der Waals surface area contributed by atoms with Gasteiger partial charge in [0, 0.05) is 91.2 Å². The predicted octanol–water partition coefficient (Wildman–Crippen LogP) is 2.61. The maximum atomic E-state index is 12.0. The highest BCUT2D eigenvalue weighted by Crippen LogP contribution is 2.37. The first-order valence-corrected chi connectivity index (χ1v) is 16.0. The first-order chi connectivity index (χ1) is 19.7. The van der Waals surface area contributed by atoms with Crippen LogP contribution >= 0.6 is 0 Å². The molecule has 4 atom stereocenters. The molecular formula is C29H34N8O3S. The molecule has 0 saturated carbocycles. The molecule has 0 spiro atoms. The Balaban J connectivity index is 1.32. The van der Waals surface area contributed by atoms with Gasteiger partial charge in [-0.05, 0) is 32.4 Å². The standard InChI is InChI=1S/C29H34N8O3S/c1-17-23-12-31-37(26(23)10-25(32-17)24-11-30-6-5-27(24)40-3)29-9-22(36-13-19(18(36)2)16-41(4,38)39)8-28(34-29)35-14-20-7-21(15-35)33-20/h5-6,8-12,18-21,33H,7,13-16H2,1-4H3/t18-,19-,20?,21?/m1/s1. The molecule has 11 nitrogen and oxygen atoms in total. The van der Waals surface area contributed by atoms with Crippen molar-refractivity contribution in [2.45, 2.75) is 38.4 Å². The van der Waals surface area contributed by atoms with Gasteiger partial charge in [-0.1, -0.05) is 0 Å². The Labute approximate surface area is 239 Å². The summed E-state index contributed by atoms with van der Waals surface area (Å²) in [6.07, 6.45) is 7.82. The zero-order chi connectivity index (χ0) is 28.5. The lowest BCUT2D eigenvalue weighted by Gasteiger charge is -2.50. The van der Waals surface area contributed by atoms with Crippen molar-refractivity contribution in [1.82, 2.24) is 30.0 Å². The van der Waals surface area contributed by atoms with E-state index in [1.807, 2.05) is 29.9 Å². The SMILES string of the molecule is COc1ccncc1-c1cc2c(cnn2-c2cc(N3C[C@H](CS(C)(=O)=O)[C@H]3C)cc(N3CC4CC(C3)N4)n2)c(C)n1. The number of piperazine rings is 1. The molecule has 214 valence electrons. The topological polar surface area (TPSA) is 118 Å². The Kier molecular flexibility index (Phi) is 6.16. The lowest BCUT2D eigenvalue weighted by Crippen LogP contribution is -2.67. The number of piperidine rings is 1. The fourth-order valence-electron chi connectivity index (χ4n) is 6.49. The Morgan fingerprint density at radius 3 is 2.54 bits per heavy atom. The molecule has 2 bridgehead atoms. The van der Waals surface area contributed by atoms with Crippen molar-refractivity contribution >= 4 is 32.2 Å². The average molecular weight is 575 g/mol. The van der Waals surface area contributed by atoms with E-state index < -0.39 is 9.84 Å². The molecule has 1 N–H and O–H groups in total. The summed E-state index contributed by atoms with van der Waals surface area (Å²) in [6.45, 7) is 6.59. The van der Waals surface area contributed by atoms with Gasteiger partial charge >= 0.3 is 0 Å². The highest BCUT2D eigenvalue weighted by Gasteiger charge is 2.40. The number of anilines is 2. The number of hydrogen-bond donors (Lipinski definition) is 1. The number of pyridine rings is 3. The number of methoxy groups -OCH3 is 1. The number of nitrogens with zero attached hydrogens (tertiary/aromatic N) is 7. The predicted molar refractivity (Wildman–Crippen MR) is 159 cm³/mol. The van der Waals surface area contributed by atoms with Gasteiger partial charge in [0.1, 0.15) is 21.4 Å². The average Bonchev–Trinajstić information content (AvgIpc) is 3.38. The molecule has 8 heterocycles. The van der Waals surface area contributed by atoms with Gasteiger partial charge in [-0.3, -0.25) is 9.97 Å². The number of aryl methyl sites for hydroxylation is 1. The van der Waals surface area contributed by atoms with Crippen LogP contribution in [0.4, 0.5) is 11.5 Å². The molecular weight excluding hydrogens is 540 g/mol. The molecule has 4 fully saturated rings. The highest BCUT2D eigenvalue weighted by atomic mass is 32.2. The van der Waals surface area contributed by atoms with E-state index in [1.165, 1.54) is 12.7 Å². The molecule has 0 aliphatic carbocycles. The van der Waals surface area contributed by atoms with Crippen LogP contribution in [-0.4, -0.2) is 90.0 Å². The maximum absolute atomic E-state index is 12.0. The van der Waals surface area contributed by atoms with Crippen LogP contribution in [-0.2, 0) is 9.84 Å². The maximum Gasteiger partial charge on any atom is 0.158 e. The Bertz CT molecular complexity index is 1740. The van der Waals surface area contributed by atoms with E-state index in [0.29, 0.717) is 30.2 Å². The minimum absolute atomic E-state index is 0.105. The fraction of sp³-hybridized carbons (Fsp3) is 0.448. The molecule has 4 aliphatic rings. The number of hydrogen-bond acceptors (Lipinski definition) is 10. The third-order valence-electron chi connectivity index (χ3n) is 8.73. The second kappa shape index (κ2) is 9.66. The van der Waals surface area contributed by atoms with Gasteiger partial charge in [-0.2, -0.15) is 5.10 Å². The van der Waals surface area contributed by atoms with Crippen molar-refractivity contribution in [2.75, 3.05) is 48.6 Å². The molecule has 4 saturated heterocycles. The first-order valence-electron chi connectivity index (χ1n) is 14.0. The molecule has 0 amide bonds. The lowest BCUT2D eigenvalue weighted by molar-refractivity contribution is 0.225. The van der Waals surface area contributed by atoms with Crippen molar-refractivity contribution in [2.24, 2.45) is 5.92 Å². The van der Waals surface area contributed by atoms with E-state index in [0.717, 1.165) is 52.4 Å². The van der Waals surface area contributed by atoms with Crippen molar-refractivity contribution in [3.63, 3.8) is 0 Å². The quantitative estimate of drug-likeness (QED) is 0.353. The van der Waals surface area contributed by atoms with Crippen LogP contribution in [0.3, 0.4) is 0 Å². The Morgan fingerprint density at radius 1 is 1.07 bits per heavy atom. The third kappa shape index (κ3) is 4.68. The van der Waals surface area contributed by atoms with Crippen LogP contribution in [0.25, 0.3) is 28.0 Å². The van der Waals surface area contributed by atoms with E-state index in [9.17, 15) is 8.42 Å². The highest BCUT2D eigenvalue weighted by molar-refractivity contribution is 7.90. The van der Waals surface area contributed by atoms with Crippen LogP contribution in [0.1, 0.15) is 19.0 Å². The summed E-state index contributed by atoms with van der Waals surface area (Å²) in [5, 5.41) is 9.32. The monoisotopic (exact) mass is 574 g/mol. The molecule has 41 heavy (non-hydrogen) atoms. The fourth-order valence-corrected chi connectivity index (χ4v) is 7.65. The van der Waals surface area contributed by atoms with Crippen molar-refractivity contribution in [3.8, 4) is 22.8 Å². The van der Waals surface area contributed by atoms with Gasteiger partial charge in [0.15, 0.2) is 5.82 Å². The minimum atomic E-state index is -3.04. The molecule has 4 aromatic rings. The zero-order valence-electron chi connectivity index (χ0n) is 23.6. The molecule has 4 aromatic heterocycles. The summed E-state index contributed by atoms with van der Waals surface area (Å²) in [6, 6.07) is 9.13. The molecule has 4 aliphatic heterocycles. The molecule has 2 unspecified atom stereocenters. The van der Waals surface area contributed by atoms with Crippen molar-refractivity contribution in [3.05, 3.63) is 48.5 Å². The van der Waals surface area contributed by atoms with Crippen molar-refractivity contribution < 1.29 is 13.2 Å². The molecule has 8 rings (SSSR count). The van der Waals surface area contributed by atoms with Crippen LogP contribution in [0.5, 0.6) is 5.75 Å². The normalized spacial score (nSPS) is 23.8. The molecule has 0 radical (unpaired) electrons. The third-order valence-corrected chi connectivity index (χ3v) is 9.77. The number of ether oxygens (including phenoxy) is 1. The summed E-state index contributed by atoms with van der Waals surface area (Å²) >= 11 is 0. The van der Waals surface area contributed by atoms with E-state index in [4.69, 9.17) is 19.8 Å². The van der Waals surface area contributed by atoms with E-state index in [-0.39, 0.29) is 17.7 Å². The first kappa shape index (κ1) is 26.1. The lowest BCUT2D eigenvalue weighted by atomic mass is 9.90. The smallest absolute Gasteiger partial charge is 0.158 e. The van der Waals surface area contributed by atoms with Crippen molar-refractivity contribution in [1.29, 1.82) is 0 Å². The summed E-state index contributed by atoms with van der Waals surface area (Å²) in [7, 11) is -1.40. The van der Waals surface area contributed by atoms with Gasteiger partial charge in [-0.25, -0.2) is 18.1 Å². The van der Waals surface area contributed by atoms with Gasteiger partial charge in [-0.15, -0.1) is 0 Å². The number of fused-ring (bicyclic) bond motifs is 3. The minimum Gasteiger partial charge on any atom is -0.496 e. The van der Waals surface area contributed by atoms with Gasteiger partial charge < -0.3 is 19.9 Å². The van der Waals surface area contributed by atoms with Crippen LogP contribution in [0.2, 0.25) is 0 Å². The van der Waals surface area contributed by atoms with E-state index in [2.05, 4.69) is 39.2 Å². The summed E-state index contributed by atoms with van der Waals surface area (Å²) < 4.78 is 31.4. The second-order valence-corrected chi connectivity index (χ2v) is 13.8. The summed E-state index contributed by atoms with van der Waals surface area (Å²) in [4.78, 5) is 18.9. The second-order valence-electron chi connectivity index (χ2n) is 11.6. The summed E-state index contributed by atoms with van der Waals surface area (Å²) in [5.74, 6) is 2.64. The van der Waals surface area contributed by atoms with Gasteiger partial charge in [0.25, 0.3) is 0 Å². The van der Waals surface area contributed by atoms with E-state index in [1.54, 1.807) is 19.5 Å². The van der Waals surface area contributed by atoms with Crippen LogP contribution in [0.15, 0.2) is 42.9 Å². The van der Waals surface area contributed by atoms with Crippen LogP contribution < -0.4 is 19.9 Å². The van der Waals surface area contributed by atoms with Gasteiger partial charge in [0.2, 0.25) is 0 Å². The number of sulfone groups is 1. The Morgan fingerprint density at radius 2 is 1.83 bits per heavy atom. The van der Waals surface area contributed by atoms with Crippen LogP contribution in [0, 0.1) is 12.8 Å². The van der Waals surface area contributed by atoms with Gasteiger partial charge in [0.05, 0.1) is 35.8 Å². The molecule has 0 aromatic carbocycles. The Hall–Kier alpha value is -3.77. The summed E-state index contributed by atoms with van der Waals surface area (Å²) in [5.41, 5.74) is 4.33. The number of aromatic nitrogens is 5. The number of nitrogens with one attached hydrogen (secondary N) is 1. The number of rotatable bonds is 7. The molecule has 12 heteroatoms.